The van der Waals surface area contributed by atoms with Gasteiger partial charge in [-0.2, -0.15) is 0 Å². The van der Waals surface area contributed by atoms with Crippen molar-refractivity contribution in [2.24, 2.45) is 0 Å². The molecule has 23 heavy (non-hydrogen) atoms. The van der Waals surface area contributed by atoms with Crippen LogP contribution in [0.2, 0.25) is 5.02 Å². The molecule has 0 radical (unpaired) electrons. The van der Waals surface area contributed by atoms with Crippen LogP contribution in [0.3, 0.4) is 0 Å². The van der Waals surface area contributed by atoms with Gasteiger partial charge in [-0.05, 0) is 30.8 Å². The molecular formula is C17H27ClN2O3. The van der Waals surface area contributed by atoms with Gasteiger partial charge in [0.1, 0.15) is 12.4 Å². The molecule has 6 heteroatoms. The van der Waals surface area contributed by atoms with Crippen LogP contribution < -0.4 is 4.74 Å². The van der Waals surface area contributed by atoms with Gasteiger partial charge in [0.15, 0.2) is 0 Å². The van der Waals surface area contributed by atoms with Crippen LogP contribution in [-0.2, 0) is 4.74 Å². The molecule has 1 aliphatic rings. The van der Waals surface area contributed by atoms with Crippen LogP contribution in [0.5, 0.6) is 5.75 Å². The van der Waals surface area contributed by atoms with Gasteiger partial charge in [0.05, 0.1) is 19.3 Å². The standard InChI is InChI=1S/C17H27ClN2O3/c1-2-19-7-9-20(10-8-19)13-16(21)14-22-11-12-23-17-5-3-15(18)4-6-17/h3-6,16,21H,2,7-14H2,1H3. The Morgan fingerprint density at radius 2 is 1.74 bits per heavy atom. The predicted octanol–water partition coefficient (Wildman–Crippen LogP) is 1.73. The number of hydrogen-bond acceptors (Lipinski definition) is 5. The summed E-state index contributed by atoms with van der Waals surface area (Å²) in [5.74, 6) is 0.771. The maximum Gasteiger partial charge on any atom is 0.119 e. The van der Waals surface area contributed by atoms with Gasteiger partial charge in [-0.3, -0.25) is 4.90 Å². The van der Waals surface area contributed by atoms with Crippen molar-refractivity contribution in [1.29, 1.82) is 0 Å². The number of benzene rings is 1. The fraction of sp³-hybridized carbons (Fsp3) is 0.647. The van der Waals surface area contributed by atoms with E-state index in [9.17, 15) is 5.11 Å². The second kappa shape index (κ2) is 10.1. The first-order valence-electron chi connectivity index (χ1n) is 8.26. The molecule has 0 aromatic heterocycles. The van der Waals surface area contributed by atoms with Gasteiger partial charge in [-0.25, -0.2) is 0 Å². The lowest BCUT2D eigenvalue weighted by Gasteiger charge is -2.34. The van der Waals surface area contributed by atoms with E-state index in [1.54, 1.807) is 12.1 Å². The van der Waals surface area contributed by atoms with Crippen molar-refractivity contribution in [2.75, 3.05) is 59.1 Å². The van der Waals surface area contributed by atoms with Crippen molar-refractivity contribution >= 4 is 11.6 Å². The highest BCUT2D eigenvalue weighted by atomic mass is 35.5. The molecule has 0 spiro atoms. The topological polar surface area (TPSA) is 45.2 Å². The largest absolute Gasteiger partial charge is 0.491 e. The van der Waals surface area contributed by atoms with E-state index >= 15 is 0 Å². The molecule has 1 fully saturated rings. The van der Waals surface area contributed by atoms with Gasteiger partial charge in [0.25, 0.3) is 0 Å². The van der Waals surface area contributed by atoms with Crippen LogP contribution in [-0.4, -0.2) is 80.1 Å². The lowest BCUT2D eigenvalue weighted by molar-refractivity contribution is 0.000391. The summed E-state index contributed by atoms with van der Waals surface area (Å²) < 4.78 is 11.0. The van der Waals surface area contributed by atoms with Crippen molar-refractivity contribution < 1.29 is 14.6 Å². The van der Waals surface area contributed by atoms with E-state index in [4.69, 9.17) is 21.1 Å². The highest BCUT2D eigenvalue weighted by Gasteiger charge is 2.18. The molecule has 0 saturated carbocycles. The zero-order valence-electron chi connectivity index (χ0n) is 13.8. The number of rotatable bonds is 9. The Kier molecular flexibility index (Phi) is 8.12. The Morgan fingerprint density at radius 1 is 1.09 bits per heavy atom. The monoisotopic (exact) mass is 342 g/mol. The molecule has 1 saturated heterocycles. The lowest BCUT2D eigenvalue weighted by atomic mass is 10.2. The summed E-state index contributed by atoms with van der Waals surface area (Å²) in [6.45, 7) is 9.44. The summed E-state index contributed by atoms with van der Waals surface area (Å²) in [4.78, 5) is 4.72. The third-order valence-corrected chi connectivity index (χ3v) is 4.25. The predicted molar refractivity (Wildman–Crippen MR) is 92.3 cm³/mol. The Hall–Kier alpha value is -0.850. The van der Waals surface area contributed by atoms with E-state index < -0.39 is 6.10 Å². The summed E-state index contributed by atoms with van der Waals surface area (Å²) in [5, 5.41) is 10.7. The first-order chi connectivity index (χ1) is 11.2. The molecule has 5 nitrogen and oxygen atoms in total. The van der Waals surface area contributed by atoms with Crippen molar-refractivity contribution in [2.45, 2.75) is 13.0 Å². The van der Waals surface area contributed by atoms with Crippen LogP contribution >= 0.6 is 11.6 Å². The minimum Gasteiger partial charge on any atom is -0.491 e. The van der Waals surface area contributed by atoms with E-state index in [1.165, 1.54) is 0 Å². The molecule has 1 atom stereocenters. The van der Waals surface area contributed by atoms with Crippen LogP contribution in [0.1, 0.15) is 6.92 Å². The van der Waals surface area contributed by atoms with Gasteiger partial charge in [0, 0.05) is 37.7 Å². The molecule has 1 aromatic carbocycles. The maximum absolute atomic E-state index is 10.0. The first kappa shape index (κ1) is 18.5. The number of likely N-dealkylation sites (N-methyl/N-ethyl adjacent to an activating group) is 1. The average molecular weight is 343 g/mol. The van der Waals surface area contributed by atoms with E-state index in [-0.39, 0.29) is 0 Å². The van der Waals surface area contributed by atoms with Crippen LogP contribution in [0.25, 0.3) is 0 Å². The minimum atomic E-state index is -0.446. The number of nitrogens with zero attached hydrogens (tertiary/aromatic N) is 2. The van der Waals surface area contributed by atoms with Gasteiger partial charge >= 0.3 is 0 Å². The van der Waals surface area contributed by atoms with Gasteiger partial charge in [0.2, 0.25) is 0 Å². The van der Waals surface area contributed by atoms with E-state index in [2.05, 4.69) is 16.7 Å². The molecule has 2 rings (SSSR count). The number of β-amino-alcohol motifs (C(OH)–C–C–N with tert-alkyl or cyclic N) is 1. The first-order valence-corrected chi connectivity index (χ1v) is 8.64. The molecule has 1 N–H and O–H groups in total. The van der Waals surface area contributed by atoms with Crippen LogP contribution in [0.4, 0.5) is 0 Å². The van der Waals surface area contributed by atoms with Crippen molar-refractivity contribution in [3.63, 3.8) is 0 Å². The summed E-state index contributed by atoms with van der Waals surface area (Å²) in [6.07, 6.45) is -0.446. The molecule has 1 aromatic rings. The molecule has 1 aliphatic heterocycles. The summed E-state index contributed by atoms with van der Waals surface area (Å²) in [6, 6.07) is 7.24. The van der Waals surface area contributed by atoms with E-state index in [0.717, 1.165) is 38.5 Å². The zero-order chi connectivity index (χ0) is 16.5. The van der Waals surface area contributed by atoms with Gasteiger partial charge in [-0.1, -0.05) is 18.5 Å². The maximum atomic E-state index is 10.0. The SMILES string of the molecule is CCN1CCN(CC(O)COCCOc2ccc(Cl)cc2)CC1. The number of aliphatic hydroxyl groups is 1. The number of piperazine rings is 1. The quantitative estimate of drug-likeness (QED) is 0.692. The highest BCUT2D eigenvalue weighted by Crippen LogP contribution is 2.15. The Labute approximate surface area is 143 Å². The molecular weight excluding hydrogens is 316 g/mol. The third kappa shape index (κ3) is 7.06. The third-order valence-electron chi connectivity index (χ3n) is 4.00. The van der Waals surface area contributed by atoms with Crippen LogP contribution in [0, 0.1) is 0 Å². The number of ether oxygens (including phenoxy) is 2. The minimum absolute atomic E-state index is 0.345. The number of halogens is 1. The Morgan fingerprint density at radius 3 is 2.39 bits per heavy atom. The van der Waals surface area contributed by atoms with E-state index in [0.29, 0.717) is 31.4 Å². The summed E-state index contributed by atoms with van der Waals surface area (Å²) in [5.41, 5.74) is 0. The van der Waals surface area contributed by atoms with Crippen molar-refractivity contribution in [1.82, 2.24) is 9.80 Å². The van der Waals surface area contributed by atoms with Crippen molar-refractivity contribution in [3.8, 4) is 5.75 Å². The Bertz CT molecular complexity index is 436. The summed E-state index contributed by atoms with van der Waals surface area (Å²) in [7, 11) is 0. The zero-order valence-corrected chi connectivity index (χ0v) is 14.5. The highest BCUT2D eigenvalue weighted by molar-refractivity contribution is 6.30. The smallest absolute Gasteiger partial charge is 0.119 e. The summed E-state index contributed by atoms with van der Waals surface area (Å²) >= 11 is 5.81. The molecule has 0 aliphatic carbocycles. The number of aliphatic hydroxyl groups excluding tert-OH is 1. The number of hydrogen-bond donors (Lipinski definition) is 1. The second-order valence-electron chi connectivity index (χ2n) is 5.77. The molecule has 0 bridgehead atoms. The molecule has 0 amide bonds. The fourth-order valence-electron chi connectivity index (χ4n) is 2.61. The normalized spacial score (nSPS) is 18.0. The molecule has 1 unspecified atom stereocenters. The molecule has 130 valence electrons. The molecule has 1 heterocycles. The van der Waals surface area contributed by atoms with Crippen LogP contribution in [0.15, 0.2) is 24.3 Å². The Balaban J connectivity index is 1.51. The second-order valence-corrected chi connectivity index (χ2v) is 6.20. The lowest BCUT2D eigenvalue weighted by Crippen LogP contribution is -2.48. The average Bonchev–Trinajstić information content (AvgIpc) is 2.57. The fourth-order valence-corrected chi connectivity index (χ4v) is 2.73. The van der Waals surface area contributed by atoms with E-state index in [1.807, 2.05) is 12.1 Å². The van der Waals surface area contributed by atoms with Gasteiger partial charge in [-0.15, -0.1) is 0 Å². The van der Waals surface area contributed by atoms with Crippen molar-refractivity contribution in [3.05, 3.63) is 29.3 Å². The van der Waals surface area contributed by atoms with Gasteiger partial charge < -0.3 is 19.5 Å².